The molecule has 1 aliphatic heterocycles. The summed E-state index contributed by atoms with van der Waals surface area (Å²) in [5.74, 6) is 0.959. The van der Waals surface area contributed by atoms with Gasteiger partial charge in [-0.1, -0.05) is 56.2 Å². The predicted octanol–water partition coefficient (Wildman–Crippen LogP) is 4.37. The van der Waals surface area contributed by atoms with E-state index in [2.05, 4.69) is 30.3 Å². The maximum atomic E-state index is 12.8. The van der Waals surface area contributed by atoms with E-state index in [4.69, 9.17) is 4.98 Å². The molecule has 0 bridgehead atoms. The second-order valence-electron chi connectivity index (χ2n) is 7.10. The number of H-pyrrole nitrogens is 1. The Labute approximate surface area is 149 Å². The number of benzene rings is 1. The maximum absolute atomic E-state index is 12.8. The molecule has 0 saturated heterocycles. The molecule has 2 heterocycles. The van der Waals surface area contributed by atoms with E-state index in [1.54, 1.807) is 0 Å². The van der Waals surface area contributed by atoms with Crippen LogP contribution in [0.5, 0.6) is 0 Å². The van der Waals surface area contributed by atoms with E-state index in [1.165, 1.54) is 5.56 Å². The third kappa shape index (κ3) is 3.68. The van der Waals surface area contributed by atoms with Crippen LogP contribution in [0.15, 0.2) is 41.3 Å². The van der Waals surface area contributed by atoms with Crippen molar-refractivity contribution in [1.82, 2.24) is 14.9 Å². The summed E-state index contributed by atoms with van der Waals surface area (Å²) in [6.45, 7) is 11.8. The fourth-order valence-electron chi connectivity index (χ4n) is 3.43. The summed E-state index contributed by atoms with van der Waals surface area (Å²) in [7, 11) is 0. The average Bonchev–Trinajstić information content (AvgIpc) is 2.60. The van der Waals surface area contributed by atoms with Gasteiger partial charge in [-0.2, -0.15) is 0 Å². The van der Waals surface area contributed by atoms with Crippen molar-refractivity contribution in [2.75, 3.05) is 6.54 Å². The number of aryl methyl sites for hydroxylation is 1. The molecule has 1 atom stereocenters. The normalized spacial score (nSPS) is 16.6. The highest BCUT2D eigenvalue weighted by molar-refractivity contribution is 5.56. The lowest BCUT2D eigenvalue weighted by Gasteiger charge is -2.35. The van der Waals surface area contributed by atoms with E-state index in [0.29, 0.717) is 12.4 Å². The second kappa shape index (κ2) is 7.26. The van der Waals surface area contributed by atoms with Gasteiger partial charge in [0.25, 0.3) is 5.56 Å². The smallest absolute Gasteiger partial charge is 0.256 e. The van der Waals surface area contributed by atoms with Gasteiger partial charge >= 0.3 is 0 Å². The van der Waals surface area contributed by atoms with E-state index in [9.17, 15) is 4.79 Å². The first-order valence-corrected chi connectivity index (χ1v) is 9.10. The van der Waals surface area contributed by atoms with E-state index in [0.717, 1.165) is 48.3 Å². The molecule has 1 aromatic carbocycles. The molecular formula is C21H27N3O. The fourth-order valence-corrected chi connectivity index (χ4v) is 3.43. The van der Waals surface area contributed by atoms with Crippen LogP contribution in [0, 0.1) is 6.92 Å². The summed E-state index contributed by atoms with van der Waals surface area (Å²) in [5, 5.41) is 0. The first-order chi connectivity index (χ1) is 12.0. The number of nitrogens with one attached hydrogen (secondary N) is 1. The van der Waals surface area contributed by atoms with Crippen molar-refractivity contribution in [3.8, 4) is 11.4 Å². The first-order valence-electron chi connectivity index (χ1n) is 9.10. The third-order valence-electron chi connectivity index (χ3n) is 4.99. The molecule has 2 aromatic rings. The summed E-state index contributed by atoms with van der Waals surface area (Å²) < 4.78 is 0. The lowest BCUT2D eigenvalue weighted by molar-refractivity contribution is 0.276. The van der Waals surface area contributed by atoms with Crippen molar-refractivity contribution in [2.45, 2.75) is 52.5 Å². The zero-order chi connectivity index (χ0) is 18.0. The quantitative estimate of drug-likeness (QED) is 0.881. The number of fused-ring (bicyclic) bond motifs is 1. The topological polar surface area (TPSA) is 49.0 Å². The highest BCUT2D eigenvalue weighted by Crippen LogP contribution is 2.31. The summed E-state index contributed by atoms with van der Waals surface area (Å²) >= 11 is 0. The van der Waals surface area contributed by atoms with Gasteiger partial charge in [0.1, 0.15) is 5.82 Å². The van der Waals surface area contributed by atoms with Crippen LogP contribution < -0.4 is 5.56 Å². The molecule has 1 aliphatic rings. The minimum atomic E-state index is -0.0203. The van der Waals surface area contributed by atoms with Crippen LogP contribution in [0.4, 0.5) is 0 Å². The standard InChI is InChI=1S/C21H27N3O/c1-5-6-7-17-12-24(14(2)3)13-18-19(17)22-20(23-21(18)25)16-10-8-15(4)9-11-16/h8-11,17H,2,5-7,12-13H2,1,3-4H3,(H,22,23,25). The molecule has 3 rings (SSSR count). The van der Waals surface area contributed by atoms with Crippen molar-refractivity contribution in [2.24, 2.45) is 0 Å². The van der Waals surface area contributed by atoms with Crippen LogP contribution in [0.3, 0.4) is 0 Å². The maximum Gasteiger partial charge on any atom is 0.256 e. The predicted molar refractivity (Wildman–Crippen MR) is 103 cm³/mol. The van der Waals surface area contributed by atoms with Gasteiger partial charge < -0.3 is 9.88 Å². The molecule has 4 nitrogen and oxygen atoms in total. The molecule has 0 amide bonds. The van der Waals surface area contributed by atoms with Crippen molar-refractivity contribution in [3.63, 3.8) is 0 Å². The van der Waals surface area contributed by atoms with Gasteiger partial charge in [-0.15, -0.1) is 0 Å². The Morgan fingerprint density at radius 3 is 2.72 bits per heavy atom. The second-order valence-corrected chi connectivity index (χ2v) is 7.10. The van der Waals surface area contributed by atoms with Gasteiger partial charge in [-0.05, 0) is 20.3 Å². The van der Waals surface area contributed by atoms with Crippen LogP contribution >= 0.6 is 0 Å². The van der Waals surface area contributed by atoms with E-state index in [1.807, 2.05) is 31.2 Å². The zero-order valence-corrected chi connectivity index (χ0v) is 15.4. The Bertz CT molecular complexity index is 820. The Morgan fingerprint density at radius 1 is 1.36 bits per heavy atom. The number of rotatable bonds is 5. The van der Waals surface area contributed by atoms with Gasteiger partial charge in [-0.3, -0.25) is 4.79 Å². The van der Waals surface area contributed by atoms with Gasteiger partial charge in [0.15, 0.2) is 0 Å². The largest absolute Gasteiger partial charge is 0.370 e. The zero-order valence-electron chi connectivity index (χ0n) is 15.4. The average molecular weight is 337 g/mol. The monoisotopic (exact) mass is 337 g/mol. The molecule has 1 N–H and O–H groups in total. The molecule has 0 aliphatic carbocycles. The van der Waals surface area contributed by atoms with Crippen LogP contribution in [-0.4, -0.2) is 21.4 Å². The molecular weight excluding hydrogens is 310 g/mol. The molecule has 0 spiro atoms. The molecule has 0 saturated carbocycles. The van der Waals surface area contributed by atoms with Crippen LogP contribution in [0.25, 0.3) is 11.4 Å². The molecule has 1 aromatic heterocycles. The minimum absolute atomic E-state index is 0.0203. The number of allylic oxidation sites excluding steroid dienone is 1. The summed E-state index contributed by atoms with van der Waals surface area (Å²) in [4.78, 5) is 22.8. The molecule has 25 heavy (non-hydrogen) atoms. The molecule has 0 radical (unpaired) electrons. The van der Waals surface area contributed by atoms with Crippen molar-refractivity contribution < 1.29 is 0 Å². The lowest BCUT2D eigenvalue weighted by Crippen LogP contribution is -2.37. The number of aromatic amines is 1. The van der Waals surface area contributed by atoms with Gasteiger partial charge in [0.2, 0.25) is 0 Å². The van der Waals surface area contributed by atoms with E-state index in [-0.39, 0.29) is 11.5 Å². The Morgan fingerprint density at radius 2 is 2.08 bits per heavy atom. The van der Waals surface area contributed by atoms with E-state index >= 15 is 0 Å². The summed E-state index contributed by atoms with van der Waals surface area (Å²) in [5.41, 5.74) is 4.92. The first kappa shape index (κ1) is 17.5. The molecule has 132 valence electrons. The lowest BCUT2D eigenvalue weighted by atomic mass is 9.90. The SMILES string of the molecule is C=C(C)N1Cc2c(nc(-c3ccc(C)cc3)[nH]c2=O)C(CCCC)C1. The van der Waals surface area contributed by atoms with Crippen molar-refractivity contribution in [3.05, 3.63) is 63.7 Å². The van der Waals surface area contributed by atoms with Gasteiger partial charge in [-0.25, -0.2) is 4.98 Å². The third-order valence-corrected chi connectivity index (χ3v) is 4.99. The summed E-state index contributed by atoms with van der Waals surface area (Å²) in [6.07, 6.45) is 3.34. The summed E-state index contributed by atoms with van der Waals surface area (Å²) in [6, 6.07) is 8.13. The number of aromatic nitrogens is 2. The Hall–Kier alpha value is -2.36. The molecule has 1 unspecified atom stereocenters. The number of nitrogens with zero attached hydrogens (tertiary/aromatic N) is 2. The van der Waals surface area contributed by atoms with Crippen LogP contribution in [0.1, 0.15) is 55.8 Å². The van der Waals surface area contributed by atoms with Crippen molar-refractivity contribution >= 4 is 0 Å². The number of unbranched alkanes of at least 4 members (excludes halogenated alkanes) is 1. The fraction of sp³-hybridized carbons (Fsp3) is 0.429. The van der Waals surface area contributed by atoms with Crippen LogP contribution in [0.2, 0.25) is 0 Å². The molecule has 4 heteroatoms. The van der Waals surface area contributed by atoms with Gasteiger partial charge in [0.05, 0.1) is 11.3 Å². The van der Waals surface area contributed by atoms with Gasteiger partial charge in [0, 0.05) is 30.3 Å². The number of hydrogen-bond acceptors (Lipinski definition) is 3. The molecule has 0 fully saturated rings. The Balaban J connectivity index is 2.05. The highest BCUT2D eigenvalue weighted by atomic mass is 16.1. The van der Waals surface area contributed by atoms with Crippen molar-refractivity contribution in [1.29, 1.82) is 0 Å². The minimum Gasteiger partial charge on any atom is -0.370 e. The Kier molecular flexibility index (Phi) is 5.07. The number of hydrogen-bond donors (Lipinski definition) is 1. The van der Waals surface area contributed by atoms with Crippen LogP contribution in [-0.2, 0) is 6.54 Å². The van der Waals surface area contributed by atoms with E-state index < -0.39 is 0 Å². The highest BCUT2D eigenvalue weighted by Gasteiger charge is 2.29.